The van der Waals surface area contributed by atoms with Gasteiger partial charge in [0, 0.05) is 35.6 Å². The number of hydrogen-bond donors (Lipinski definition) is 1. The summed E-state index contributed by atoms with van der Waals surface area (Å²) in [6.07, 6.45) is 1.28. The summed E-state index contributed by atoms with van der Waals surface area (Å²) >= 11 is 0. The van der Waals surface area contributed by atoms with Crippen LogP contribution in [0.3, 0.4) is 0 Å². The van der Waals surface area contributed by atoms with Crippen molar-refractivity contribution in [1.82, 2.24) is 5.32 Å². The van der Waals surface area contributed by atoms with E-state index in [0.29, 0.717) is 42.2 Å². The first-order chi connectivity index (χ1) is 15.7. The second-order valence-corrected chi connectivity index (χ2v) is 7.43. The third kappa shape index (κ3) is 4.60. The van der Waals surface area contributed by atoms with Crippen LogP contribution in [0.1, 0.15) is 49.7 Å². The van der Waals surface area contributed by atoms with E-state index >= 15 is 0 Å². The fourth-order valence-corrected chi connectivity index (χ4v) is 3.93. The lowest BCUT2D eigenvalue weighted by Gasteiger charge is -2.14. The van der Waals surface area contributed by atoms with Crippen molar-refractivity contribution in [2.45, 2.75) is 12.3 Å². The molecule has 0 saturated carbocycles. The molecule has 5 heteroatoms. The van der Waals surface area contributed by atoms with Crippen molar-refractivity contribution in [3.63, 3.8) is 0 Å². The summed E-state index contributed by atoms with van der Waals surface area (Å²) in [5.41, 5.74) is 6.08. The molecule has 0 bridgehead atoms. The number of alkyl carbamates (subject to hydrolysis) is 1. The highest BCUT2D eigenvalue weighted by Crippen LogP contribution is 2.44. The van der Waals surface area contributed by atoms with Crippen LogP contribution in [-0.4, -0.2) is 31.8 Å². The van der Waals surface area contributed by atoms with Gasteiger partial charge in [-0.15, -0.1) is 0 Å². The Labute approximate surface area is 186 Å². The number of rotatable bonds is 6. The van der Waals surface area contributed by atoms with E-state index in [4.69, 9.17) is 4.74 Å². The Morgan fingerprint density at radius 3 is 2.09 bits per heavy atom. The van der Waals surface area contributed by atoms with Crippen molar-refractivity contribution in [3.05, 3.63) is 94.5 Å². The van der Waals surface area contributed by atoms with Crippen molar-refractivity contribution in [2.24, 2.45) is 0 Å². The van der Waals surface area contributed by atoms with E-state index < -0.39 is 6.09 Å². The molecule has 3 aromatic rings. The Balaban J connectivity index is 1.30. The van der Waals surface area contributed by atoms with E-state index in [0.717, 1.165) is 0 Å². The average molecular weight is 423 g/mol. The second kappa shape index (κ2) is 9.76. The molecule has 1 aliphatic carbocycles. The molecule has 0 saturated heterocycles. The minimum absolute atomic E-state index is 0.0186. The Kier molecular flexibility index (Phi) is 6.43. The van der Waals surface area contributed by atoms with Crippen LogP contribution in [0.4, 0.5) is 4.79 Å². The highest BCUT2D eigenvalue weighted by atomic mass is 16.5. The molecule has 1 aliphatic rings. The van der Waals surface area contributed by atoms with Crippen molar-refractivity contribution >= 4 is 18.7 Å². The molecule has 0 unspecified atom stereocenters. The molecule has 0 radical (unpaired) electrons. The molecule has 0 aliphatic heterocycles. The van der Waals surface area contributed by atoms with Gasteiger partial charge in [0.15, 0.2) is 0 Å². The first kappa shape index (κ1) is 21.1. The van der Waals surface area contributed by atoms with Crippen molar-refractivity contribution in [2.75, 3.05) is 13.2 Å². The minimum Gasteiger partial charge on any atom is -0.449 e. The topological polar surface area (TPSA) is 72.5 Å². The van der Waals surface area contributed by atoms with E-state index in [2.05, 4.69) is 41.4 Å². The number of carbonyl (C=O) groups is 3. The third-order valence-electron chi connectivity index (χ3n) is 5.35. The first-order valence-corrected chi connectivity index (χ1v) is 10.3. The fraction of sp³-hybridized carbons (Fsp3) is 0.148. The monoisotopic (exact) mass is 423 g/mol. The molecular formula is C27H21NO4. The van der Waals surface area contributed by atoms with Crippen molar-refractivity contribution in [3.8, 4) is 23.0 Å². The Hall–Kier alpha value is -4.17. The second-order valence-electron chi connectivity index (χ2n) is 7.43. The fourth-order valence-electron chi connectivity index (χ4n) is 3.93. The highest BCUT2D eigenvalue weighted by molar-refractivity contribution is 5.83. The standard InChI is InChI=1S/C27H21NO4/c29-16-20-13-19(14-21(15-20)17-30)7-5-6-12-28-27(31)32-18-26-24-10-3-1-8-22(24)23-9-2-4-11-25(23)26/h1-4,8-11,13-17,26H,6,12,18H2,(H,28,31). The van der Waals surface area contributed by atoms with Gasteiger partial charge in [-0.1, -0.05) is 60.4 Å². The van der Waals surface area contributed by atoms with Gasteiger partial charge < -0.3 is 10.1 Å². The van der Waals surface area contributed by atoms with Gasteiger partial charge in [-0.2, -0.15) is 0 Å². The van der Waals surface area contributed by atoms with Crippen LogP contribution in [0.25, 0.3) is 11.1 Å². The Bertz CT molecular complexity index is 1160. The van der Waals surface area contributed by atoms with Gasteiger partial charge in [0.2, 0.25) is 0 Å². The summed E-state index contributed by atoms with van der Waals surface area (Å²) in [6.45, 7) is 0.593. The van der Waals surface area contributed by atoms with Gasteiger partial charge in [0.05, 0.1) is 0 Å². The van der Waals surface area contributed by atoms with Crippen LogP contribution in [0.2, 0.25) is 0 Å². The zero-order valence-electron chi connectivity index (χ0n) is 17.3. The lowest BCUT2D eigenvalue weighted by Crippen LogP contribution is -2.26. The lowest BCUT2D eigenvalue weighted by atomic mass is 9.98. The molecule has 0 fully saturated rings. The van der Waals surface area contributed by atoms with Gasteiger partial charge in [-0.05, 0) is 40.5 Å². The summed E-state index contributed by atoms with van der Waals surface area (Å²) in [7, 11) is 0. The van der Waals surface area contributed by atoms with E-state index in [1.165, 1.54) is 28.3 Å². The molecule has 1 amide bonds. The third-order valence-corrected chi connectivity index (χ3v) is 5.35. The molecule has 158 valence electrons. The van der Waals surface area contributed by atoms with Crippen LogP contribution in [-0.2, 0) is 4.74 Å². The molecule has 0 aromatic heterocycles. The summed E-state index contributed by atoms with van der Waals surface area (Å²) in [6, 6.07) is 21.1. The molecule has 0 spiro atoms. The number of ether oxygens (including phenoxy) is 1. The Morgan fingerprint density at radius 1 is 0.906 bits per heavy atom. The predicted molar refractivity (Wildman–Crippen MR) is 122 cm³/mol. The smallest absolute Gasteiger partial charge is 0.407 e. The van der Waals surface area contributed by atoms with E-state index in [1.54, 1.807) is 12.1 Å². The maximum absolute atomic E-state index is 12.2. The number of fused-ring (bicyclic) bond motifs is 3. The average Bonchev–Trinajstić information content (AvgIpc) is 3.16. The van der Waals surface area contributed by atoms with Gasteiger partial charge in [-0.3, -0.25) is 9.59 Å². The van der Waals surface area contributed by atoms with Crippen molar-refractivity contribution in [1.29, 1.82) is 0 Å². The van der Waals surface area contributed by atoms with E-state index in [1.807, 2.05) is 24.3 Å². The van der Waals surface area contributed by atoms with Gasteiger partial charge in [0.1, 0.15) is 19.2 Å². The molecule has 1 N–H and O–H groups in total. The number of hydrogen-bond acceptors (Lipinski definition) is 4. The Morgan fingerprint density at radius 2 is 1.50 bits per heavy atom. The first-order valence-electron chi connectivity index (χ1n) is 10.3. The number of nitrogens with one attached hydrogen (secondary N) is 1. The largest absolute Gasteiger partial charge is 0.449 e. The zero-order chi connectivity index (χ0) is 22.3. The SMILES string of the molecule is O=Cc1cc(C#CCCNC(=O)OCC2c3ccccc3-c3ccccc32)cc(C=O)c1. The van der Waals surface area contributed by atoms with Gasteiger partial charge in [-0.25, -0.2) is 4.79 Å². The molecule has 3 aromatic carbocycles. The van der Waals surface area contributed by atoms with Crippen LogP contribution in [0.15, 0.2) is 66.7 Å². The van der Waals surface area contributed by atoms with Crippen LogP contribution in [0, 0.1) is 11.8 Å². The maximum atomic E-state index is 12.2. The molecule has 4 rings (SSSR count). The molecule has 32 heavy (non-hydrogen) atoms. The predicted octanol–water partition coefficient (Wildman–Crippen LogP) is 4.59. The number of benzene rings is 3. The number of aldehydes is 2. The molecule has 5 nitrogen and oxygen atoms in total. The number of carbonyl (C=O) groups excluding carboxylic acids is 3. The van der Waals surface area contributed by atoms with Gasteiger partial charge >= 0.3 is 6.09 Å². The lowest BCUT2D eigenvalue weighted by molar-refractivity contribution is 0.112. The number of amides is 1. The van der Waals surface area contributed by atoms with E-state index in [-0.39, 0.29) is 12.5 Å². The molecule has 0 atom stereocenters. The quantitative estimate of drug-likeness (QED) is 0.358. The normalized spacial score (nSPS) is 11.5. The summed E-state index contributed by atoms with van der Waals surface area (Å²) in [5.74, 6) is 5.86. The maximum Gasteiger partial charge on any atom is 0.407 e. The van der Waals surface area contributed by atoms with Crippen LogP contribution in [0.5, 0.6) is 0 Å². The summed E-state index contributed by atoms with van der Waals surface area (Å²) < 4.78 is 5.49. The van der Waals surface area contributed by atoms with Crippen molar-refractivity contribution < 1.29 is 19.1 Å². The van der Waals surface area contributed by atoms with Crippen LogP contribution >= 0.6 is 0 Å². The summed E-state index contributed by atoms with van der Waals surface area (Å²) in [4.78, 5) is 34.1. The summed E-state index contributed by atoms with van der Waals surface area (Å²) in [5, 5.41) is 2.71. The van der Waals surface area contributed by atoms with Crippen LogP contribution < -0.4 is 5.32 Å². The van der Waals surface area contributed by atoms with E-state index in [9.17, 15) is 14.4 Å². The molecular weight excluding hydrogens is 402 g/mol. The van der Waals surface area contributed by atoms with Gasteiger partial charge in [0.25, 0.3) is 0 Å². The zero-order valence-corrected chi connectivity index (χ0v) is 17.3. The molecule has 0 heterocycles. The highest BCUT2D eigenvalue weighted by Gasteiger charge is 2.28. The minimum atomic E-state index is -0.486.